The van der Waals surface area contributed by atoms with Crippen molar-refractivity contribution in [1.82, 2.24) is 4.90 Å². The maximum Gasteiger partial charge on any atom is 0.0906 e. The highest BCUT2D eigenvalue weighted by atomic mass is 19.1. The minimum absolute atomic E-state index is 0.241. The van der Waals surface area contributed by atoms with Crippen LogP contribution in [-0.4, -0.2) is 30.7 Å². The molecule has 0 radical (unpaired) electrons. The molecule has 16 heavy (non-hydrogen) atoms. The Labute approximate surface area is 96.2 Å². The number of alkyl halides is 1. The van der Waals surface area contributed by atoms with Gasteiger partial charge >= 0.3 is 0 Å². The molecular formula is C13H19FN2. The Hall–Kier alpha value is -0.930. The van der Waals surface area contributed by atoms with Crippen molar-refractivity contribution in [3.05, 3.63) is 35.4 Å². The molecule has 88 valence electrons. The quantitative estimate of drug-likeness (QED) is 0.840. The summed E-state index contributed by atoms with van der Waals surface area (Å²) in [5, 5.41) is 0. The summed E-state index contributed by atoms with van der Waals surface area (Å²) in [7, 11) is 0. The van der Waals surface area contributed by atoms with Crippen molar-refractivity contribution in [2.24, 2.45) is 5.73 Å². The first kappa shape index (κ1) is 11.6. The highest BCUT2D eigenvalue weighted by Crippen LogP contribution is 2.22. The largest absolute Gasteiger partial charge is 0.329 e. The zero-order chi connectivity index (χ0) is 11.4. The smallest absolute Gasteiger partial charge is 0.0906 e. The van der Waals surface area contributed by atoms with Gasteiger partial charge in [0.2, 0.25) is 0 Å². The van der Waals surface area contributed by atoms with Gasteiger partial charge < -0.3 is 5.73 Å². The van der Waals surface area contributed by atoms with E-state index in [1.807, 2.05) is 0 Å². The van der Waals surface area contributed by atoms with E-state index in [0.717, 1.165) is 19.5 Å². The zero-order valence-electron chi connectivity index (χ0n) is 9.53. The zero-order valence-corrected chi connectivity index (χ0v) is 9.53. The number of benzene rings is 1. The second kappa shape index (κ2) is 5.41. The molecule has 0 saturated carbocycles. The number of fused-ring (bicyclic) bond motifs is 1. The molecule has 1 aromatic rings. The molecule has 2 N–H and O–H groups in total. The second-order valence-corrected chi connectivity index (χ2v) is 4.38. The van der Waals surface area contributed by atoms with E-state index in [-0.39, 0.29) is 6.67 Å². The number of nitrogens with zero attached hydrogens (tertiary/aromatic N) is 1. The summed E-state index contributed by atoms with van der Waals surface area (Å²) in [5.41, 5.74) is 8.55. The van der Waals surface area contributed by atoms with Gasteiger partial charge in [-0.05, 0) is 24.0 Å². The molecule has 1 atom stereocenters. The van der Waals surface area contributed by atoms with Gasteiger partial charge in [0.15, 0.2) is 0 Å². The first-order valence-electron chi connectivity index (χ1n) is 5.92. The van der Waals surface area contributed by atoms with Crippen LogP contribution < -0.4 is 5.73 Å². The predicted octanol–water partition coefficient (Wildman–Crippen LogP) is 1.73. The fourth-order valence-corrected chi connectivity index (χ4v) is 2.40. The van der Waals surface area contributed by atoms with Gasteiger partial charge in [0.1, 0.15) is 0 Å². The average Bonchev–Trinajstić information content (AvgIpc) is 2.35. The van der Waals surface area contributed by atoms with Gasteiger partial charge in [-0.25, -0.2) is 0 Å². The van der Waals surface area contributed by atoms with Crippen LogP contribution >= 0.6 is 0 Å². The Morgan fingerprint density at radius 2 is 2.06 bits per heavy atom. The third kappa shape index (κ3) is 2.42. The number of rotatable bonds is 4. The first-order valence-corrected chi connectivity index (χ1v) is 5.92. The second-order valence-electron chi connectivity index (χ2n) is 4.38. The summed E-state index contributed by atoms with van der Waals surface area (Å²) < 4.78 is 12.2. The van der Waals surface area contributed by atoms with Crippen LogP contribution in [0.2, 0.25) is 0 Å². The molecule has 0 spiro atoms. The van der Waals surface area contributed by atoms with E-state index in [9.17, 15) is 4.39 Å². The molecule has 1 unspecified atom stereocenters. The molecule has 0 bridgehead atoms. The molecule has 0 fully saturated rings. The van der Waals surface area contributed by atoms with Crippen molar-refractivity contribution >= 4 is 0 Å². The Morgan fingerprint density at radius 1 is 1.31 bits per heavy atom. The highest BCUT2D eigenvalue weighted by molar-refractivity contribution is 5.30. The van der Waals surface area contributed by atoms with E-state index in [2.05, 4.69) is 29.2 Å². The van der Waals surface area contributed by atoms with Crippen LogP contribution in [0.25, 0.3) is 0 Å². The number of hydrogen-bond donors (Lipinski definition) is 1. The Kier molecular flexibility index (Phi) is 3.91. The van der Waals surface area contributed by atoms with E-state index in [1.165, 1.54) is 11.1 Å². The molecular weight excluding hydrogens is 203 g/mol. The summed E-state index contributed by atoms with van der Waals surface area (Å²) in [4.78, 5) is 2.31. The van der Waals surface area contributed by atoms with Gasteiger partial charge in [-0.3, -0.25) is 9.29 Å². The SMILES string of the molecule is NCC1Cc2ccccc2CN1CCCF. The summed E-state index contributed by atoms with van der Waals surface area (Å²) in [6.45, 7) is 2.14. The van der Waals surface area contributed by atoms with E-state index < -0.39 is 0 Å². The van der Waals surface area contributed by atoms with Crippen molar-refractivity contribution in [2.45, 2.75) is 25.4 Å². The van der Waals surface area contributed by atoms with Crippen LogP contribution in [0.3, 0.4) is 0 Å². The molecule has 0 amide bonds. The lowest BCUT2D eigenvalue weighted by Crippen LogP contribution is -2.45. The van der Waals surface area contributed by atoms with Crippen molar-refractivity contribution in [2.75, 3.05) is 19.8 Å². The molecule has 0 aromatic heterocycles. The fraction of sp³-hybridized carbons (Fsp3) is 0.538. The van der Waals surface area contributed by atoms with Crippen molar-refractivity contribution < 1.29 is 4.39 Å². The van der Waals surface area contributed by atoms with Gasteiger partial charge in [-0.15, -0.1) is 0 Å². The van der Waals surface area contributed by atoms with E-state index >= 15 is 0 Å². The van der Waals surface area contributed by atoms with Gasteiger partial charge in [0, 0.05) is 25.7 Å². The molecule has 0 saturated heterocycles. The molecule has 1 aromatic carbocycles. The predicted molar refractivity (Wildman–Crippen MR) is 64.0 cm³/mol. The van der Waals surface area contributed by atoms with Crippen LogP contribution in [0.15, 0.2) is 24.3 Å². The lowest BCUT2D eigenvalue weighted by atomic mass is 9.94. The summed E-state index contributed by atoms with van der Waals surface area (Å²) in [5.74, 6) is 0. The fourth-order valence-electron chi connectivity index (χ4n) is 2.40. The van der Waals surface area contributed by atoms with Gasteiger partial charge in [0.05, 0.1) is 6.67 Å². The van der Waals surface area contributed by atoms with Crippen LogP contribution in [0.1, 0.15) is 17.5 Å². The van der Waals surface area contributed by atoms with Crippen molar-refractivity contribution in [3.8, 4) is 0 Å². The molecule has 3 heteroatoms. The van der Waals surface area contributed by atoms with Crippen LogP contribution in [0, 0.1) is 0 Å². The van der Waals surface area contributed by atoms with Crippen LogP contribution in [-0.2, 0) is 13.0 Å². The lowest BCUT2D eigenvalue weighted by Gasteiger charge is -2.36. The van der Waals surface area contributed by atoms with Crippen molar-refractivity contribution in [3.63, 3.8) is 0 Å². The third-order valence-corrected chi connectivity index (χ3v) is 3.31. The molecule has 2 rings (SSSR count). The first-order chi connectivity index (χ1) is 7.85. The lowest BCUT2D eigenvalue weighted by molar-refractivity contribution is 0.169. The maximum absolute atomic E-state index is 12.2. The average molecular weight is 222 g/mol. The minimum atomic E-state index is -0.241. The monoisotopic (exact) mass is 222 g/mol. The molecule has 0 aliphatic carbocycles. The Bertz CT molecular complexity index is 340. The molecule has 2 nitrogen and oxygen atoms in total. The number of nitrogens with two attached hydrogens (primary N) is 1. The number of halogens is 1. The third-order valence-electron chi connectivity index (χ3n) is 3.31. The topological polar surface area (TPSA) is 29.3 Å². The normalized spacial score (nSPS) is 20.8. The highest BCUT2D eigenvalue weighted by Gasteiger charge is 2.23. The molecule has 1 aliphatic rings. The van der Waals surface area contributed by atoms with Gasteiger partial charge in [-0.2, -0.15) is 0 Å². The summed E-state index contributed by atoms with van der Waals surface area (Å²) in [6.07, 6.45) is 1.61. The minimum Gasteiger partial charge on any atom is -0.329 e. The Morgan fingerprint density at radius 3 is 2.75 bits per heavy atom. The summed E-state index contributed by atoms with van der Waals surface area (Å²) in [6, 6.07) is 8.84. The Balaban J connectivity index is 2.11. The molecule has 1 heterocycles. The van der Waals surface area contributed by atoms with Crippen LogP contribution in [0.5, 0.6) is 0 Å². The van der Waals surface area contributed by atoms with Gasteiger partial charge in [0.25, 0.3) is 0 Å². The summed E-state index contributed by atoms with van der Waals surface area (Å²) >= 11 is 0. The van der Waals surface area contributed by atoms with Crippen molar-refractivity contribution in [1.29, 1.82) is 0 Å². The maximum atomic E-state index is 12.2. The van der Waals surface area contributed by atoms with E-state index in [1.54, 1.807) is 0 Å². The molecule has 1 aliphatic heterocycles. The number of hydrogen-bond acceptors (Lipinski definition) is 2. The van der Waals surface area contributed by atoms with E-state index in [0.29, 0.717) is 19.0 Å². The van der Waals surface area contributed by atoms with Gasteiger partial charge in [-0.1, -0.05) is 24.3 Å². The van der Waals surface area contributed by atoms with E-state index in [4.69, 9.17) is 5.73 Å². The standard InChI is InChI=1S/C13H19FN2/c14-6-3-7-16-10-12-5-2-1-4-11(12)8-13(16)9-15/h1-2,4-5,13H,3,6-10,15H2. The van der Waals surface area contributed by atoms with Crippen LogP contribution in [0.4, 0.5) is 4.39 Å².